The number of carbonyl (C=O) groups is 2. The van der Waals surface area contributed by atoms with Crippen molar-refractivity contribution in [3.63, 3.8) is 0 Å². The zero-order valence-corrected chi connectivity index (χ0v) is 17.8. The molecule has 2 aliphatic heterocycles. The second-order valence-corrected chi connectivity index (χ2v) is 8.56. The normalized spacial score (nSPS) is 24.3. The Morgan fingerprint density at radius 1 is 1.24 bits per heavy atom. The summed E-state index contributed by atoms with van der Waals surface area (Å²) in [4.78, 5) is 28.4. The molecular formula is C21H35N5O3. The highest BCUT2D eigenvalue weighted by Crippen LogP contribution is 2.26. The number of nitrogens with one attached hydrogen (secondary N) is 1. The van der Waals surface area contributed by atoms with Crippen molar-refractivity contribution in [1.82, 2.24) is 24.9 Å². The van der Waals surface area contributed by atoms with Gasteiger partial charge in [-0.1, -0.05) is 6.92 Å². The van der Waals surface area contributed by atoms with E-state index in [1.165, 1.54) is 0 Å². The van der Waals surface area contributed by atoms with Crippen molar-refractivity contribution >= 4 is 11.8 Å². The third-order valence-electron chi connectivity index (χ3n) is 6.09. The van der Waals surface area contributed by atoms with Crippen molar-refractivity contribution in [3.05, 3.63) is 18.0 Å². The van der Waals surface area contributed by atoms with Crippen molar-refractivity contribution < 1.29 is 14.7 Å². The Balaban J connectivity index is 1.53. The first-order valence-corrected chi connectivity index (χ1v) is 10.9. The van der Waals surface area contributed by atoms with Crippen LogP contribution in [0.15, 0.2) is 12.3 Å². The molecule has 0 radical (unpaired) electrons. The second-order valence-electron chi connectivity index (χ2n) is 8.56. The van der Waals surface area contributed by atoms with Crippen LogP contribution in [0.1, 0.15) is 62.9 Å². The average Bonchev–Trinajstić information content (AvgIpc) is 3.05. The molecule has 29 heavy (non-hydrogen) atoms. The molecule has 2 N–H and O–H groups in total. The Bertz CT molecular complexity index is 698. The van der Waals surface area contributed by atoms with Crippen molar-refractivity contribution in [2.45, 2.75) is 70.6 Å². The van der Waals surface area contributed by atoms with E-state index in [1.807, 2.05) is 4.90 Å². The summed E-state index contributed by atoms with van der Waals surface area (Å²) in [5.74, 6) is 0.0345. The van der Waals surface area contributed by atoms with Crippen LogP contribution < -0.4 is 5.32 Å². The summed E-state index contributed by atoms with van der Waals surface area (Å²) < 4.78 is 1.78. The van der Waals surface area contributed by atoms with E-state index < -0.39 is 5.60 Å². The lowest BCUT2D eigenvalue weighted by molar-refractivity contribution is -0.120. The second kappa shape index (κ2) is 9.71. The van der Waals surface area contributed by atoms with Crippen LogP contribution in [0.5, 0.6) is 0 Å². The molecule has 2 saturated heterocycles. The monoisotopic (exact) mass is 405 g/mol. The summed E-state index contributed by atoms with van der Waals surface area (Å²) in [5.41, 5.74) is -0.128. The Hall–Kier alpha value is -1.93. The number of nitrogens with zero attached hydrogens (tertiary/aromatic N) is 4. The number of amides is 2. The molecule has 1 unspecified atom stereocenters. The van der Waals surface area contributed by atoms with Gasteiger partial charge in [0.05, 0.1) is 5.60 Å². The lowest BCUT2D eigenvalue weighted by Crippen LogP contribution is -2.50. The number of likely N-dealkylation sites (tertiary alicyclic amines) is 2. The fourth-order valence-electron chi connectivity index (χ4n) is 4.55. The predicted molar refractivity (Wildman–Crippen MR) is 111 cm³/mol. The molecule has 2 fully saturated rings. The van der Waals surface area contributed by atoms with E-state index in [9.17, 15) is 14.7 Å². The standard InChI is InChI=1S/C21H35N5O3/c1-3-11-26-19(5-10-22-26)20(28)25-12-4-8-21(29,9-15-25)16-24-13-6-18(7-14-24)23-17(2)27/h5,10,18,29H,3-4,6-9,11-16H2,1-2H3,(H,23,27). The SMILES string of the molecule is CCCn1nccc1C(=O)N1CCCC(O)(CN2CCC(NC(C)=O)CC2)CC1. The van der Waals surface area contributed by atoms with Crippen LogP contribution in [0.3, 0.4) is 0 Å². The third-order valence-corrected chi connectivity index (χ3v) is 6.09. The van der Waals surface area contributed by atoms with E-state index in [2.05, 4.69) is 22.2 Å². The van der Waals surface area contributed by atoms with E-state index in [0.29, 0.717) is 38.2 Å². The van der Waals surface area contributed by atoms with E-state index in [0.717, 1.165) is 45.3 Å². The first kappa shape index (κ1) is 21.8. The van der Waals surface area contributed by atoms with Gasteiger partial charge in [-0.15, -0.1) is 0 Å². The van der Waals surface area contributed by atoms with Crippen LogP contribution in [0, 0.1) is 0 Å². The maximum absolute atomic E-state index is 13.0. The molecular weight excluding hydrogens is 370 g/mol. The van der Waals surface area contributed by atoms with Gasteiger partial charge in [0, 0.05) is 58.4 Å². The number of aromatic nitrogens is 2. The van der Waals surface area contributed by atoms with Gasteiger partial charge in [-0.3, -0.25) is 14.3 Å². The number of piperidine rings is 1. The molecule has 0 aromatic carbocycles. The molecule has 3 heterocycles. The minimum absolute atomic E-state index is 0.0105. The number of aliphatic hydroxyl groups is 1. The Labute approximate surface area is 173 Å². The smallest absolute Gasteiger partial charge is 0.272 e. The van der Waals surface area contributed by atoms with Crippen molar-refractivity contribution in [3.8, 4) is 0 Å². The molecule has 3 rings (SSSR count). The van der Waals surface area contributed by atoms with Crippen molar-refractivity contribution in [2.75, 3.05) is 32.7 Å². The average molecular weight is 406 g/mol. The lowest BCUT2D eigenvalue weighted by Gasteiger charge is -2.38. The molecule has 0 aliphatic carbocycles. The van der Waals surface area contributed by atoms with Crippen LogP contribution in [0.25, 0.3) is 0 Å². The van der Waals surface area contributed by atoms with Gasteiger partial charge in [-0.05, 0) is 44.6 Å². The fourth-order valence-corrected chi connectivity index (χ4v) is 4.55. The third kappa shape index (κ3) is 5.79. The minimum Gasteiger partial charge on any atom is -0.388 e. The molecule has 1 aromatic heterocycles. The lowest BCUT2D eigenvalue weighted by atomic mass is 9.93. The first-order valence-electron chi connectivity index (χ1n) is 10.9. The van der Waals surface area contributed by atoms with Gasteiger partial charge in [0.1, 0.15) is 5.69 Å². The highest BCUT2D eigenvalue weighted by Gasteiger charge is 2.35. The van der Waals surface area contributed by atoms with Gasteiger partial charge >= 0.3 is 0 Å². The van der Waals surface area contributed by atoms with E-state index in [1.54, 1.807) is 23.9 Å². The number of rotatable bonds is 6. The zero-order valence-electron chi connectivity index (χ0n) is 17.8. The maximum atomic E-state index is 13.0. The van der Waals surface area contributed by atoms with Crippen LogP contribution in [0.2, 0.25) is 0 Å². The van der Waals surface area contributed by atoms with E-state index >= 15 is 0 Å². The van der Waals surface area contributed by atoms with Gasteiger partial charge in [0.2, 0.25) is 5.91 Å². The van der Waals surface area contributed by atoms with Crippen molar-refractivity contribution in [2.24, 2.45) is 0 Å². The van der Waals surface area contributed by atoms with E-state index in [4.69, 9.17) is 0 Å². The van der Waals surface area contributed by atoms with Crippen LogP contribution in [0.4, 0.5) is 0 Å². The molecule has 1 atom stereocenters. The highest BCUT2D eigenvalue weighted by atomic mass is 16.3. The summed E-state index contributed by atoms with van der Waals surface area (Å²) in [6, 6.07) is 2.03. The molecule has 8 heteroatoms. The summed E-state index contributed by atoms with van der Waals surface area (Å²) in [7, 11) is 0. The summed E-state index contributed by atoms with van der Waals surface area (Å²) in [6.07, 6.45) is 6.54. The number of β-amino-alcohol motifs (C(OH)–C–C–N with tert-alkyl or cyclic N) is 1. The van der Waals surface area contributed by atoms with Gasteiger partial charge in [0.15, 0.2) is 0 Å². The van der Waals surface area contributed by atoms with Gasteiger partial charge in [0.25, 0.3) is 5.91 Å². The number of hydrogen-bond donors (Lipinski definition) is 2. The van der Waals surface area contributed by atoms with Gasteiger partial charge < -0.3 is 20.2 Å². The largest absolute Gasteiger partial charge is 0.388 e. The number of carbonyl (C=O) groups excluding carboxylic acids is 2. The zero-order chi connectivity index (χ0) is 20.9. The number of aryl methyl sites for hydroxylation is 1. The Kier molecular flexibility index (Phi) is 7.29. The summed E-state index contributed by atoms with van der Waals surface area (Å²) in [5, 5.41) is 18.5. The molecule has 0 spiro atoms. The van der Waals surface area contributed by atoms with Crippen LogP contribution >= 0.6 is 0 Å². The molecule has 8 nitrogen and oxygen atoms in total. The minimum atomic E-state index is -0.764. The van der Waals surface area contributed by atoms with E-state index in [-0.39, 0.29) is 17.9 Å². The topological polar surface area (TPSA) is 90.7 Å². The number of hydrogen-bond acceptors (Lipinski definition) is 5. The van der Waals surface area contributed by atoms with Crippen molar-refractivity contribution in [1.29, 1.82) is 0 Å². The quantitative estimate of drug-likeness (QED) is 0.743. The van der Waals surface area contributed by atoms with Crippen LogP contribution in [-0.2, 0) is 11.3 Å². The van der Waals surface area contributed by atoms with Gasteiger partial charge in [-0.25, -0.2) is 0 Å². The molecule has 0 bridgehead atoms. The first-order chi connectivity index (χ1) is 13.9. The molecule has 2 amide bonds. The summed E-state index contributed by atoms with van der Waals surface area (Å²) in [6.45, 7) is 8.00. The highest BCUT2D eigenvalue weighted by molar-refractivity contribution is 5.92. The maximum Gasteiger partial charge on any atom is 0.272 e. The molecule has 2 aliphatic rings. The Morgan fingerprint density at radius 3 is 2.69 bits per heavy atom. The molecule has 1 aromatic rings. The Morgan fingerprint density at radius 2 is 2.00 bits per heavy atom. The fraction of sp³-hybridized carbons (Fsp3) is 0.762. The summed E-state index contributed by atoms with van der Waals surface area (Å²) >= 11 is 0. The predicted octanol–water partition coefficient (Wildman–Crippen LogP) is 1.25. The molecule has 162 valence electrons. The molecule has 0 saturated carbocycles. The van der Waals surface area contributed by atoms with Gasteiger partial charge in [-0.2, -0.15) is 5.10 Å². The van der Waals surface area contributed by atoms with Crippen LogP contribution in [-0.4, -0.2) is 80.9 Å².